The number of hydrogen-bond donors (Lipinski definition) is 1. The van der Waals surface area contributed by atoms with E-state index in [0.717, 1.165) is 23.5 Å². The van der Waals surface area contributed by atoms with Crippen LogP contribution in [0.2, 0.25) is 5.02 Å². The molecular formula is C29H30ClN5O2S. The molecule has 0 aliphatic carbocycles. The lowest BCUT2D eigenvalue weighted by atomic mass is 9.96. The van der Waals surface area contributed by atoms with Crippen molar-refractivity contribution >= 4 is 34.6 Å². The van der Waals surface area contributed by atoms with Crippen LogP contribution in [0.25, 0.3) is 0 Å². The van der Waals surface area contributed by atoms with E-state index in [0.29, 0.717) is 29.1 Å². The van der Waals surface area contributed by atoms with E-state index in [4.69, 9.17) is 33.3 Å². The van der Waals surface area contributed by atoms with Gasteiger partial charge in [-0.3, -0.25) is 9.97 Å². The van der Waals surface area contributed by atoms with Crippen molar-refractivity contribution in [1.29, 1.82) is 0 Å². The maximum atomic E-state index is 6.65. The zero-order valence-electron chi connectivity index (χ0n) is 21.6. The Kier molecular flexibility index (Phi) is 7.93. The molecule has 7 nitrogen and oxygen atoms in total. The van der Waals surface area contributed by atoms with E-state index < -0.39 is 0 Å². The van der Waals surface area contributed by atoms with Crippen molar-refractivity contribution in [3.05, 3.63) is 106 Å². The molecule has 9 heteroatoms. The molecule has 1 aliphatic rings. The molecule has 0 amide bonds. The number of nitrogens with one attached hydrogen (secondary N) is 1. The highest BCUT2D eigenvalue weighted by Gasteiger charge is 2.42. The predicted molar refractivity (Wildman–Crippen MR) is 154 cm³/mol. The minimum Gasteiger partial charge on any atom is -0.490 e. The number of ether oxygens (including phenoxy) is 2. The third-order valence-electron chi connectivity index (χ3n) is 6.83. The Morgan fingerprint density at radius 2 is 1.92 bits per heavy atom. The number of aryl methyl sites for hydroxylation is 1. The number of halogens is 1. The Morgan fingerprint density at radius 3 is 2.63 bits per heavy atom. The summed E-state index contributed by atoms with van der Waals surface area (Å²) in [6, 6.07) is 17.8. The van der Waals surface area contributed by atoms with Crippen LogP contribution < -0.4 is 15.0 Å². The minimum absolute atomic E-state index is 0.137. The summed E-state index contributed by atoms with van der Waals surface area (Å²) in [4.78, 5) is 11.1. The van der Waals surface area contributed by atoms with Crippen LogP contribution in [-0.4, -0.2) is 40.0 Å². The summed E-state index contributed by atoms with van der Waals surface area (Å²) in [5.74, 6) is 0.609. The fourth-order valence-electron chi connectivity index (χ4n) is 4.99. The number of anilines is 1. The van der Waals surface area contributed by atoms with Crippen LogP contribution in [-0.2, 0) is 11.3 Å². The first-order valence-electron chi connectivity index (χ1n) is 12.5. The summed E-state index contributed by atoms with van der Waals surface area (Å²) in [7, 11) is 1.64. The van der Waals surface area contributed by atoms with Gasteiger partial charge < -0.3 is 24.3 Å². The highest BCUT2D eigenvalue weighted by molar-refractivity contribution is 7.80. The van der Waals surface area contributed by atoms with Crippen molar-refractivity contribution in [3.8, 4) is 5.75 Å². The topological polar surface area (TPSA) is 64.4 Å². The summed E-state index contributed by atoms with van der Waals surface area (Å²) in [5.41, 5.74) is 6.45. The summed E-state index contributed by atoms with van der Waals surface area (Å²) < 4.78 is 13.2. The normalized spacial score (nSPS) is 17.1. The quantitative estimate of drug-likeness (QED) is 0.210. The molecule has 4 aromatic rings. The van der Waals surface area contributed by atoms with Gasteiger partial charge in [-0.2, -0.15) is 0 Å². The summed E-state index contributed by atoms with van der Waals surface area (Å²) in [6.07, 6.45) is 5.52. The molecule has 0 radical (unpaired) electrons. The standard InChI is InChI=1S/C29H30ClN5O2S/c1-19-15-23(20(2)34(19)18-21-7-6-11-31-17-21)28-27(25-8-4-5-12-32-25)33-29(38)35(28)22-9-10-26(24(30)16-22)37-14-13-36-3/h4-12,15-17,27-28H,13-14,18H2,1-3H3,(H,33,38)/t27-,28-/m1/s1. The molecule has 1 saturated heterocycles. The van der Waals surface area contributed by atoms with Gasteiger partial charge in [0.05, 0.1) is 29.4 Å². The Hall–Kier alpha value is -3.46. The van der Waals surface area contributed by atoms with Crippen molar-refractivity contribution in [3.63, 3.8) is 0 Å². The third-order valence-corrected chi connectivity index (χ3v) is 7.44. The van der Waals surface area contributed by atoms with Crippen LogP contribution in [0.3, 0.4) is 0 Å². The molecule has 2 atom stereocenters. The van der Waals surface area contributed by atoms with Crippen LogP contribution in [0.1, 0.15) is 40.3 Å². The van der Waals surface area contributed by atoms with E-state index in [2.05, 4.69) is 50.7 Å². The number of nitrogens with zero attached hydrogens (tertiary/aromatic N) is 4. The molecule has 1 aromatic carbocycles. The highest BCUT2D eigenvalue weighted by atomic mass is 35.5. The van der Waals surface area contributed by atoms with Gasteiger partial charge in [0.25, 0.3) is 0 Å². The molecule has 0 saturated carbocycles. The second-order valence-electron chi connectivity index (χ2n) is 9.23. The summed E-state index contributed by atoms with van der Waals surface area (Å²) in [5, 5.41) is 4.67. The van der Waals surface area contributed by atoms with Gasteiger partial charge in [0.1, 0.15) is 12.4 Å². The second kappa shape index (κ2) is 11.5. The van der Waals surface area contributed by atoms with E-state index in [1.54, 1.807) is 13.3 Å². The zero-order chi connectivity index (χ0) is 26.6. The van der Waals surface area contributed by atoms with Crippen LogP contribution in [0.15, 0.2) is 73.2 Å². The maximum absolute atomic E-state index is 6.65. The SMILES string of the molecule is COCCOc1ccc(N2C(=S)N[C@H](c3ccccn3)[C@H]2c2cc(C)n(Cc3cccnc3)c2C)cc1Cl. The molecule has 5 rings (SSSR count). The van der Waals surface area contributed by atoms with E-state index in [1.165, 1.54) is 17.0 Å². The first-order chi connectivity index (χ1) is 18.5. The van der Waals surface area contributed by atoms with Gasteiger partial charge in [-0.1, -0.05) is 23.7 Å². The van der Waals surface area contributed by atoms with Gasteiger partial charge in [0.2, 0.25) is 0 Å². The lowest BCUT2D eigenvalue weighted by molar-refractivity contribution is 0.146. The Balaban J connectivity index is 1.56. The smallest absolute Gasteiger partial charge is 0.174 e. The van der Waals surface area contributed by atoms with Crippen LogP contribution in [0.4, 0.5) is 5.69 Å². The first kappa shape index (κ1) is 26.2. The molecule has 1 fully saturated rings. The van der Waals surface area contributed by atoms with E-state index in [1.807, 2.05) is 54.9 Å². The summed E-state index contributed by atoms with van der Waals surface area (Å²) >= 11 is 12.6. The third kappa shape index (κ3) is 5.25. The lowest BCUT2D eigenvalue weighted by Crippen LogP contribution is -2.29. The van der Waals surface area contributed by atoms with Crippen molar-refractivity contribution < 1.29 is 9.47 Å². The number of thiocarbonyl (C=S) groups is 1. The monoisotopic (exact) mass is 547 g/mol. The van der Waals surface area contributed by atoms with E-state index in [9.17, 15) is 0 Å². The van der Waals surface area contributed by atoms with Gasteiger partial charge in [-0.15, -0.1) is 0 Å². The van der Waals surface area contributed by atoms with Crippen molar-refractivity contribution in [2.45, 2.75) is 32.5 Å². The minimum atomic E-state index is -0.146. The van der Waals surface area contributed by atoms with Crippen LogP contribution >= 0.6 is 23.8 Å². The molecule has 4 heterocycles. The largest absolute Gasteiger partial charge is 0.490 e. The number of benzene rings is 1. The number of aromatic nitrogens is 3. The Morgan fingerprint density at radius 1 is 1.05 bits per heavy atom. The Labute approximate surface area is 233 Å². The van der Waals surface area contributed by atoms with Crippen molar-refractivity contribution in [2.24, 2.45) is 0 Å². The fraction of sp³-hybridized carbons (Fsp3) is 0.276. The highest BCUT2D eigenvalue weighted by Crippen LogP contribution is 2.44. The molecule has 0 unspecified atom stereocenters. The van der Waals surface area contributed by atoms with Crippen molar-refractivity contribution in [2.75, 3.05) is 25.2 Å². The number of hydrogen-bond acceptors (Lipinski definition) is 5. The van der Waals surface area contributed by atoms with Gasteiger partial charge in [0, 0.05) is 49.3 Å². The zero-order valence-corrected chi connectivity index (χ0v) is 23.2. The molecule has 38 heavy (non-hydrogen) atoms. The van der Waals surface area contributed by atoms with Crippen LogP contribution in [0, 0.1) is 13.8 Å². The molecular weight excluding hydrogens is 518 g/mol. The van der Waals surface area contributed by atoms with E-state index >= 15 is 0 Å². The van der Waals surface area contributed by atoms with Gasteiger partial charge in [0.15, 0.2) is 5.11 Å². The second-order valence-corrected chi connectivity index (χ2v) is 10.0. The van der Waals surface area contributed by atoms with Gasteiger partial charge >= 0.3 is 0 Å². The van der Waals surface area contributed by atoms with Crippen molar-refractivity contribution in [1.82, 2.24) is 19.9 Å². The average molecular weight is 548 g/mol. The number of methoxy groups -OCH3 is 1. The predicted octanol–water partition coefficient (Wildman–Crippen LogP) is 5.80. The fourth-order valence-corrected chi connectivity index (χ4v) is 5.56. The first-order valence-corrected chi connectivity index (χ1v) is 13.2. The molecule has 0 spiro atoms. The maximum Gasteiger partial charge on any atom is 0.174 e. The molecule has 0 bridgehead atoms. The molecule has 1 aliphatic heterocycles. The Bertz CT molecular complexity index is 1410. The summed E-state index contributed by atoms with van der Waals surface area (Å²) in [6.45, 7) is 5.95. The van der Waals surface area contributed by atoms with Gasteiger partial charge in [-0.25, -0.2) is 0 Å². The molecule has 3 aromatic heterocycles. The molecule has 1 N–H and O–H groups in total. The van der Waals surface area contributed by atoms with Gasteiger partial charge in [-0.05, 0) is 79.7 Å². The molecule has 196 valence electrons. The number of pyridine rings is 2. The number of rotatable bonds is 9. The van der Waals surface area contributed by atoms with E-state index in [-0.39, 0.29) is 12.1 Å². The lowest BCUT2D eigenvalue weighted by Gasteiger charge is -2.28. The van der Waals surface area contributed by atoms with Crippen LogP contribution in [0.5, 0.6) is 5.75 Å². The average Bonchev–Trinajstić information content (AvgIpc) is 3.41.